The standard InChI is InChI=1S/C44H35N5.Pt/c1-28-15-13-16-29(2)40(28)47-26-25-45-43(47)49-36-24-12-10-22-34(36)38-39(44(3,4)5)37-33-21-9-11-23-35(33)48(41(37)46-42(38)49)32-20-14-19-31(27-32)30-17-7-6-8-18-30;/h6-17,19-26H,1-5H3;/q-2;+2. The van der Waals surface area contributed by atoms with Crippen LogP contribution >= 0.6 is 0 Å². The average Bonchev–Trinajstić information content (AvgIpc) is 3.79. The molecule has 0 saturated carbocycles. The Balaban J connectivity index is 0.00000361. The third-order valence-electron chi connectivity index (χ3n) is 9.68. The van der Waals surface area contributed by atoms with Gasteiger partial charge in [0.15, 0.2) is 5.65 Å². The van der Waals surface area contributed by atoms with Gasteiger partial charge < -0.3 is 4.57 Å². The van der Waals surface area contributed by atoms with Gasteiger partial charge in [0.1, 0.15) is 5.65 Å². The molecule has 4 aromatic heterocycles. The van der Waals surface area contributed by atoms with Crippen molar-refractivity contribution in [1.82, 2.24) is 23.7 Å². The zero-order valence-corrected chi connectivity index (χ0v) is 30.9. The Kier molecular flexibility index (Phi) is 7.65. The number of nitrogens with zero attached hydrogens (tertiary/aromatic N) is 5. The van der Waals surface area contributed by atoms with Gasteiger partial charge in [0.05, 0.1) is 16.7 Å². The van der Waals surface area contributed by atoms with Crippen molar-refractivity contribution in [3.8, 4) is 28.5 Å². The van der Waals surface area contributed by atoms with E-state index in [0.29, 0.717) is 0 Å². The van der Waals surface area contributed by atoms with Gasteiger partial charge in [-0.25, -0.2) is 21.1 Å². The fourth-order valence-corrected chi connectivity index (χ4v) is 7.71. The van der Waals surface area contributed by atoms with Crippen molar-refractivity contribution in [3.05, 3.63) is 150 Å². The van der Waals surface area contributed by atoms with Gasteiger partial charge in [-0.2, -0.15) is 42.5 Å². The minimum atomic E-state index is -0.212. The van der Waals surface area contributed by atoms with Crippen LogP contribution < -0.4 is 0 Å². The van der Waals surface area contributed by atoms with E-state index in [4.69, 9.17) is 9.97 Å². The van der Waals surface area contributed by atoms with Crippen molar-refractivity contribution < 1.29 is 21.1 Å². The summed E-state index contributed by atoms with van der Waals surface area (Å²) in [5.74, 6) is 0.811. The van der Waals surface area contributed by atoms with Gasteiger partial charge in [-0.15, -0.1) is 12.1 Å². The van der Waals surface area contributed by atoms with Crippen LogP contribution in [0, 0.1) is 26.0 Å². The van der Waals surface area contributed by atoms with E-state index in [-0.39, 0.29) is 26.5 Å². The quantitative estimate of drug-likeness (QED) is 0.166. The normalized spacial score (nSPS) is 11.9. The van der Waals surface area contributed by atoms with Crippen LogP contribution in [0.2, 0.25) is 0 Å². The van der Waals surface area contributed by atoms with Crippen molar-refractivity contribution in [1.29, 1.82) is 0 Å². The van der Waals surface area contributed by atoms with E-state index in [0.717, 1.165) is 61.6 Å². The summed E-state index contributed by atoms with van der Waals surface area (Å²) in [4.78, 5) is 10.7. The second kappa shape index (κ2) is 12.0. The first-order valence-electron chi connectivity index (χ1n) is 16.8. The minimum absolute atomic E-state index is 0. The first-order chi connectivity index (χ1) is 23.8. The molecule has 0 atom stereocenters. The second-order valence-electron chi connectivity index (χ2n) is 13.9. The van der Waals surface area contributed by atoms with Gasteiger partial charge in [0.2, 0.25) is 5.95 Å². The molecule has 0 aliphatic rings. The Morgan fingerprint density at radius 2 is 1.24 bits per heavy atom. The molecule has 0 aliphatic heterocycles. The minimum Gasteiger partial charge on any atom is -0.313 e. The molecule has 6 heteroatoms. The van der Waals surface area contributed by atoms with Crippen LogP contribution in [0.1, 0.15) is 37.5 Å². The Morgan fingerprint density at radius 3 is 1.90 bits per heavy atom. The maximum Gasteiger partial charge on any atom is 2.00 e. The van der Waals surface area contributed by atoms with E-state index in [2.05, 4.69) is 158 Å². The fraction of sp³-hybridized carbons (Fsp3) is 0.136. The molecule has 0 saturated heterocycles. The molecule has 0 unspecified atom stereocenters. The second-order valence-corrected chi connectivity index (χ2v) is 13.9. The van der Waals surface area contributed by atoms with E-state index in [1.807, 2.05) is 24.4 Å². The van der Waals surface area contributed by atoms with Crippen LogP contribution in [-0.2, 0) is 26.5 Å². The third-order valence-corrected chi connectivity index (χ3v) is 9.68. The number of rotatable bonds is 4. The van der Waals surface area contributed by atoms with Gasteiger partial charge >= 0.3 is 21.1 Å². The molecule has 9 aromatic rings. The van der Waals surface area contributed by atoms with E-state index in [1.165, 1.54) is 27.5 Å². The van der Waals surface area contributed by atoms with Crippen LogP contribution in [0.3, 0.4) is 0 Å². The summed E-state index contributed by atoms with van der Waals surface area (Å²) in [6, 6.07) is 45.3. The summed E-state index contributed by atoms with van der Waals surface area (Å²) >= 11 is 0. The van der Waals surface area contributed by atoms with Crippen molar-refractivity contribution in [2.45, 2.75) is 40.0 Å². The monoisotopic (exact) mass is 828 g/mol. The number of pyridine rings is 1. The van der Waals surface area contributed by atoms with E-state index in [1.54, 1.807) is 0 Å². The fourth-order valence-electron chi connectivity index (χ4n) is 7.71. The number of hydrogen-bond donors (Lipinski definition) is 0. The molecule has 0 fully saturated rings. The maximum absolute atomic E-state index is 5.69. The van der Waals surface area contributed by atoms with Crippen LogP contribution in [0.4, 0.5) is 0 Å². The molecule has 0 N–H and O–H groups in total. The molecule has 246 valence electrons. The maximum atomic E-state index is 5.69. The summed E-state index contributed by atoms with van der Waals surface area (Å²) in [6.45, 7) is 11.3. The number of hydrogen-bond acceptors (Lipinski definition) is 2. The Labute approximate surface area is 306 Å². The largest absolute Gasteiger partial charge is 2.00 e. The van der Waals surface area contributed by atoms with E-state index >= 15 is 0 Å². The smallest absolute Gasteiger partial charge is 0.313 e. The van der Waals surface area contributed by atoms with Crippen molar-refractivity contribution >= 4 is 43.9 Å². The number of aryl methyl sites for hydroxylation is 2. The topological polar surface area (TPSA) is 40.6 Å². The van der Waals surface area contributed by atoms with Gasteiger partial charge in [-0.1, -0.05) is 75.4 Å². The summed E-state index contributed by atoms with van der Waals surface area (Å²) in [7, 11) is 0. The molecule has 0 amide bonds. The number of imidazole rings is 1. The summed E-state index contributed by atoms with van der Waals surface area (Å²) < 4.78 is 6.75. The Morgan fingerprint density at radius 1 is 0.640 bits per heavy atom. The molecule has 5 aromatic carbocycles. The van der Waals surface area contributed by atoms with E-state index in [9.17, 15) is 0 Å². The number of para-hydroxylation sites is 3. The predicted octanol–water partition coefficient (Wildman–Crippen LogP) is 10.6. The van der Waals surface area contributed by atoms with Crippen LogP contribution in [0.15, 0.2) is 122 Å². The molecule has 0 radical (unpaired) electrons. The van der Waals surface area contributed by atoms with Crippen LogP contribution in [-0.4, -0.2) is 23.7 Å². The first-order valence-corrected chi connectivity index (χ1v) is 16.8. The van der Waals surface area contributed by atoms with Crippen molar-refractivity contribution in [3.63, 3.8) is 0 Å². The zero-order chi connectivity index (χ0) is 33.4. The van der Waals surface area contributed by atoms with Gasteiger partial charge in [0.25, 0.3) is 0 Å². The number of benzene rings is 5. The molecule has 5 nitrogen and oxygen atoms in total. The van der Waals surface area contributed by atoms with Crippen LogP contribution in [0.5, 0.6) is 0 Å². The molecular weight excluding hydrogens is 794 g/mol. The van der Waals surface area contributed by atoms with Gasteiger partial charge in [-0.3, -0.25) is 9.13 Å². The number of aromatic nitrogens is 5. The van der Waals surface area contributed by atoms with Crippen molar-refractivity contribution in [2.75, 3.05) is 0 Å². The summed E-state index contributed by atoms with van der Waals surface area (Å²) in [5, 5.41) is 4.67. The molecule has 50 heavy (non-hydrogen) atoms. The SMILES string of the molecule is Cc1cccc(C)c1-n1ccnc1-n1c2ccccc2c2c(C(C)(C)C)c3c4ccccc4n(-c4[c-]c(-c5[c-]cccc5)ccc4)c3nc21.[Pt+2]. The molecule has 9 rings (SSSR count). The number of fused-ring (bicyclic) bond motifs is 6. The van der Waals surface area contributed by atoms with Gasteiger partial charge in [-0.05, 0) is 53.8 Å². The first kappa shape index (κ1) is 32.0. The molecular formula is C44H35N5Pt. The van der Waals surface area contributed by atoms with Gasteiger partial charge in [0, 0.05) is 33.9 Å². The van der Waals surface area contributed by atoms with E-state index < -0.39 is 0 Å². The average molecular weight is 829 g/mol. The Hall–Kier alpha value is -5.25. The van der Waals surface area contributed by atoms with Crippen molar-refractivity contribution in [2.24, 2.45) is 0 Å². The summed E-state index contributed by atoms with van der Waals surface area (Å²) in [6.07, 6.45) is 3.95. The predicted molar refractivity (Wildman–Crippen MR) is 201 cm³/mol. The molecule has 0 spiro atoms. The molecule has 0 bridgehead atoms. The molecule has 0 aliphatic carbocycles. The Bertz CT molecular complexity index is 2700. The zero-order valence-electron chi connectivity index (χ0n) is 28.6. The summed E-state index contributed by atoms with van der Waals surface area (Å²) in [5.41, 5.74) is 11.5. The third kappa shape index (κ3) is 4.79. The van der Waals surface area contributed by atoms with Crippen LogP contribution in [0.25, 0.3) is 72.3 Å². The molecule has 4 heterocycles.